The Bertz CT molecular complexity index is 294. The number of hydrogen-bond donors (Lipinski definition) is 0. The summed E-state index contributed by atoms with van der Waals surface area (Å²) in [6.07, 6.45) is 0.503. The van der Waals surface area contributed by atoms with E-state index in [2.05, 4.69) is 9.72 Å². The Hall–Kier alpha value is 1.08. The van der Waals surface area contributed by atoms with Gasteiger partial charge in [-0.3, -0.25) is 0 Å². The van der Waals surface area contributed by atoms with Gasteiger partial charge < -0.3 is 17.7 Å². The third-order valence-corrected chi connectivity index (χ3v) is 2.62. The van der Waals surface area contributed by atoms with Crippen molar-refractivity contribution in [1.82, 2.24) is 4.98 Å². The molecule has 0 atom stereocenters. The second kappa shape index (κ2) is 7.42. The first kappa shape index (κ1) is 16.1. The average molecular weight is 263 g/mol. The molecule has 0 bridgehead atoms. The second-order valence-corrected chi connectivity index (χ2v) is 3.84. The van der Waals surface area contributed by atoms with Gasteiger partial charge in [0, 0.05) is 24.4 Å². The number of rotatable bonds is 5. The van der Waals surface area contributed by atoms with Crippen LogP contribution in [0.4, 0.5) is 12.9 Å². The first-order valence-corrected chi connectivity index (χ1v) is 5.05. The van der Waals surface area contributed by atoms with E-state index < -0.39 is 13.5 Å². The Morgan fingerprint density at radius 1 is 1.47 bits per heavy atom. The Morgan fingerprint density at radius 2 is 2.13 bits per heavy atom. The van der Waals surface area contributed by atoms with Gasteiger partial charge in [-0.1, -0.05) is 0 Å². The number of aryl methyl sites for hydroxylation is 1. The van der Waals surface area contributed by atoms with E-state index in [0.29, 0.717) is 6.42 Å². The summed E-state index contributed by atoms with van der Waals surface area (Å²) >= 11 is 1.44. The minimum atomic E-state index is -4.82. The molecule has 0 unspecified atom stereocenters. The smallest absolute Gasteiger partial charge is 0.447 e. The first-order chi connectivity index (χ1) is 6.49. The summed E-state index contributed by atoms with van der Waals surface area (Å²) < 4.78 is 39.7. The summed E-state index contributed by atoms with van der Waals surface area (Å²) in [7, 11) is 0. The Morgan fingerprint density at radius 3 is 2.60 bits per heavy atom. The number of nitrogens with zero attached hydrogens (tertiary/aromatic N) is 1. The molecular weight excluding hydrogens is 253 g/mol. The summed E-state index contributed by atoms with van der Waals surface area (Å²) in [6, 6.07) is 0. The Labute approximate surface area is 133 Å². The molecule has 80 valence electrons. The standard InChI is InChI=1S/C7H10BF3NOS.K/c1-6-7(14-5-12-6)2-3-13-4-8(9,10)11;/h5H,2-4H2,1H3;/q-1;+1. The zero-order chi connectivity index (χ0) is 10.6. The molecule has 1 aromatic heterocycles. The van der Waals surface area contributed by atoms with Crippen molar-refractivity contribution in [3.8, 4) is 0 Å². The first-order valence-electron chi connectivity index (χ1n) is 4.17. The van der Waals surface area contributed by atoms with E-state index in [1.807, 2.05) is 6.92 Å². The molecule has 0 saturated carbocycles. The van der Waals surface area contributed by atoms with Crippen molar-refractivity contribution in [3.05, 3.63) is 16.1 Å². The van der Waals surface area contributed by atoms with Crippen LogP contribution in [0.15, 0.2) is 5.51 Å². The largest absolute Gasteiger partial charge is 1.00 e. The van der Waals surface area contributed by atoms with Crippen LogP contribution in [0.1, 0.15) is 10.6 Å². The van der Waals surface area contributed by atoms with Crippen molar-refractivity contribution in [2.75, 3.05) is 13.1 Å². The van der Waals surface area contributed by atoms with Crippen LogP contribution in [0, 0.1) is 6.92 Å². The van der Waals surface area contributed by atoms with E-state index in [-0.39, 0.29) is 58.0 Å². The Kier molecular flexibility index (Phi) is 7.95. The van der Waals surface area contributed by atoms with Crippen molar-refractivity contribution in [1.29, 1.82) is 0 Å². The quantitative estimate of drug-likeness (QED) is 0.523. The molecule has 0 aliphatic carbocycles. The summed E-state index contributed by atoms with van der Waals surface area (Å²) in [5.41, 5.74) is 2.55. The SMILES string of the molecule is Cc1ncsc1CCOC[B-](F)(F)F.[K+]. The van der Waals surface area contributed by atoms with Crippen molar-refractivity contribution in [2.45, 2.75) is 13.3 Å². The molecule has 1 heterocycles. The number of hydrogen-bond acceptors (Lipinski definition) is 3. The minimum absolute atomic E-state index is 0. The van der Waals surface area contributed by atoms with Crippen molar-refractivity contribution >= 4 is 18.3 Å². The van der Waals surface area contributed by atoms with E-state index in [1.165, 1.54) is 11.3 Å². The fourth-order valence-electron chi connectivity index (χ4n) is 0.948. The number of ether oxygens (including phenoxy) is 1. The van der Waals surface area contributed by atoms with E-state index in [0.717, 1.165) is 10.6 Å². The van der Waals surface area contributed by atoms with Crippen molar-refractivity contribution < 1.29 is 69.1 Å². The third-order valence-electron chi connectivity index (χ3n) is 1.63. The van der Waals surface area contributed by atoms with E-state index >= 15 is 0 Å². The van der Waals surface area contributed by atoms with Gasteiger partial charge in [0.05, 0.1) is 11.2 Å². The minimum Gasteiger partial charge on any atom is -0.447 e. The molecule has 0 aliphatic rings. The van der Waals surface area contributed by atoms with Crippen molar-refractivity contribution in [3.63, 3.8) is 0 Å². The van der Waals surface area contributed by atoms with Crippen LogP contribution in [0.3, 0.4) is 0 Å². The zero-order valence-electron chi connectivity index (χ0n) is 8.67. The summed E-state index contributed by atoms with van der Waals surface area (Å²) in [5, 5.41) is 0. The van der Waals surface area contributed by atoms with Gasteiger partial charge in [0.1, 0.15) is 0 Å². The predicted molar refractivity (Wildman–Crippen MR) is 50.5 cm³/mol. The maximum atomic E-state index is 11.7. The summed E-state index contributed by atoms with van der Waals surface area (Å²) in [4.78, 5) is 4.97. The van der Waals surface area contributed by atoms with Gasteiger partial charge in [-0.25, -0.2) is 4.98 Å². The number of thiazole rings is 1. The van der Waals surface area contributed by atoms with Gasteiger partial charge in [0.2, 0.25) is 0 Å². The van der Waals surface area contributed by atoms with Gasteiger partial charge in [0.15, 0.2) is 0 Å². The molecule has 15 heavy (non-hydrogen) atoms. The van der Waals surface area contributed by atoms with Gasteiger partial charge in [-0.05, 0) is 6.92 Å². The fourth-order valence-corrected chi connectivity index (χ4v) is 1.71. The van der Waals surface area contributed by atoms with Gasteiger partial charge in [0.25, 0.3) is 0 Å². The molecule has 0 N–H and O–H groups in total. The maximum Gasteiger partial charge on any atom is 1.00 e. The van der Waals surface area contributed by atoms with Crippen LogP contribution in [0.2, 0.25) is 0 Å². The van der Waals surface area contributed by atoms with Crippen LogP contribution in [-0.4, -0.2) is 25.1 Å². The van der Waals surface area contributed by atoms with Crippen LogP contribution < -0.4 is 51.4 Å². The summed E-state index contributed by atoms with van der Waals surface area (Å²) in [6.45, 7) is -3.99. The Balaban J connectivity index is 0.00000196. The monoisotopic (exact) mass is 263 g/mol. The van der Waals surface area contributed by atoms with Crippen LogP contribution in [0.25, 0.3) is 0 Å². The van der Waals surface area contributed by atoms with Gasteiger partial charge in [-0.15, -0.1) is 11.3 Å². The van der Waals surface area contributed by atoms with E-state index in [4.69, 9.17) is 0 Å². The molecule has 0 aliphatic heterocycles. The molecule has 0 radical (unpaired) electrons. The van der Waals surface area contributed by atoms with Crippen LogP contribution >= 0.6 is 11.3 Å². The molecule has 8 heteroatoms. The molecule has 0 amide bonds. The molecule has 0 fully saturated rings. The van der Waals surface area contributed by atoms with Crippen LogP contribution in [0.5, 0.6) is 0 Å². The molecule has 0 saturated heterocycles. The number of halogens is 3. The molecule has 0 aromatic carbocycles. The second-order valence-electron chi connectivity index (χ2n) is 2.90. The van der Waals surface area contributed by atoms with E-state index in [1.54, 1.807) is 5.51 Å². The molecule has 1 rings (SSSR count). The van der Waals surface area contributed by atoms with E-state index in [9.17, 15) is 12.9 Å². The zero-order valence-corrected chi connectivity index (χ0v) is 12.6. The number of aromatic nitrogens is 1. The normalized spacial score (nSPS) is 11.2. The third kappa shape index (κ3) is 7.09. The molecule has 2 nitrogen and oxygen atoms in total. The summed E-state index contributed by atoms with van der Waals surface area (Å²) in [5.74, 6) is 0. The molecule has 0 spiro atoms. The maximum absolute atomic E-state index is 11.7. The molecule has 1 aromatic rings. The topological polar surface area (TPSA) is 22.1 Å². The molecular formula is C7H10BF3KNOS. The van der Waals surface area contributed by atoms with Crippen LogP contribution in [-0.2, 0) is 11.2 Å². The predicted octanol–water partition coefficient (Wildman–Crippen LogP) is -0.599. The fraction of sp³-hybridized carbons (Fsp3) is 0.571. The average Bonchev–Trinajstić information content (AvgIpc) is 2.44. The van der Waals surface area contributed by atoms with Gasteiger partial charge >= 0.3 is 58.4 Å². The van der Waals surface area contributed by atoms with Gasteiger partial charge in [-0.2, -0.15) is 0 Å². The van der Waals surface area contributed by atoms with Crippen molar-refractivity contribution in [2.24, 2.45) is 0 Å².